The number of amides is 1. The van der Waals surface area contributed by atoms with Gasteiger partial charge in [0.2, 0.25) is 15.9 Å². The summed E-state index contributed by atoms with van der Waals surface area (Å²) in [5, 5.41) is 9.04. The Bertz CT molecular complexity index is 667. The molecule has 1 saturated heterocycles. The summed E-state index contributed by atoms with van der Waals surface area (Å²) in [6.07, 6.45) is 1.43. The van der Waals surface area contributed by atoms with Crippen molar-refractivity contribution in [2.24, 2.45) is 0 Å². The summed E-state index contributed by atoms with van der Waals surface area (Å²) in [5.41, 5.74) is 0. The molecule has 1 aliphatic heterocycles. The van der Waals surface area contributed by atoms with Crippen molar-refractivity contribution in [2.45, 2.75) is 30.7 Å². The highest BCUT2D eigenvalue weighted by Crippen LogP contribution is 2.19. The van der Waals surface area contributed by atoms with Crippen molar-refractivity contribution in [1.29, 1.82) is 5.26 Å². The molecule has 0 radical (unpaired) electrons. The summed E-state index contributed by atoms with van der Waals surface area (Å²) < 4.78 is 26.3. The third-order valence-corrected chi connectivity index (χ3v) is 5.70. The molecule has 0 aromatic heterocycles. The molecule has 0 bridgehead atoms. The van der Waals surface area contributed by atoms with Gasteiger partial charge in [0.05, 0.1) is 17.5 Å². The zero-order chi connectivity index (χ0) is 16.2. The minimum atomic E-state index is -3.70. The Kier molecular flexibility index (Phi) is 5.16. The maximum atomic E-state index is 12.6. The summed E-state index contributed by atoms with van der Waals surface area (Å²) in [5.74, 6) is -0.314. The van der Waals surface area contributed by atoms with Crippen molar-refractivity contribution in [3.05, 3.63) is 30.3 Å². The molecule has 0 aliphatic carbocycles. The first-order valence-electron chi connectivity index (χ1n) is 7.25. The lowest BCUT2D eigenvalue weighted by Crippen LogP contribution is -2.44. The molecule has 0 saturated carbocycles. The van der Waals surface area contributed by atoms with Gasteiger partial charge in [-0.3, -0.25) is 4.79 Å². The summed E-state index contributed by atoms with van der Waals surface area (Å²) in [6, 6.07) is 9.71. The molecule has 1 aliphatic rings. The van der Waals surface area contributed by atoms with Crippen molar-refractivity contribution in [3.63, 3.8) is 0 Å². The minimum Gasteiger partial charge on any atom is -0.326 e. The van der Waals surface area contributed by atoms with Crippen LogP contribution in [-0.4, -0.2) is 49.2 Å². The van der Waals surface area contributed by atoms with Crippen molar-refractivity contribution in [1.82, 2.24) is 9.21 Å². The maximum absolute atomic E-state index is 12.6. The molecule has 1 unspecified atom stereocenters. The highest BCUT2D eigenvalue weighted by Gasteiger charge is 2.32. The first kappa shape index (κ1) is 16.5. The second kappa shape index (κ2) is 6.90. The average Bonchev–Trinajstić information content (AvgIpc) is 3.01. The van der Waals surface area contributed by atoms with Gasteiger partial charge in [-0.25, -0.2) is 8.42 Å². The highest BCUT2D eigenvalue weighted by atomic mass is 32.2. The van der Waals surface area contributed by atoms with E-state index in [0.717, 1.165) is 10.7 Å². The van der Waals surface area contributed by atoms with E-state index in [2.05, 4.69) is 6.07 Å². The number of carbonyl (C=O) groups excluding carboxylic acids is 1. The molecule has 1 amide bonds. The Hall–Kier alpha value is -1.91. The van der Waals surface area contributed by atoms with Gasteiger partial charge in [-0.1, -0.05) is 25.1 Å². The first-order chi connectivity index (χ1) is 10.5. The van der Waals surface area contributed by atoms with E-state index in [0.29, 0.717) is 13.0 Å². The van der Waals surface area contributed by atoms with E-state index in [9.17, 15) is 13.2 Å². The van der Waals surface area contributed by atoms with Gasteiger partial charge in [-0.05, 0) is 25.0 Å². The van der Waals surface area contributed by atoms with Crippen LogP contribution in [0.15, 0.2) is 35.2 Å². The van der Waals surface area contributed by atoms with E-state index in [1.807, 2.05) is 0 Å². The van der Waals surface area contributed by atoms with Gasteiger partial charge in [0.25, 0.3) is 0 Å². The number of rotatable bonds is 5. The van der Waals surface area contributed by atoms with Gasteiger partial charge >= 0.3 is 0 Å². The number of nitriles is 1. The average molecular weight is 321 g/mol. The van der Waals surface area contributed by atoms with Gasteiger partial charge in [0.1, 0.15) is 6.04 Å². The molecule has 118 valence electrons. The topological polar surface area (TPSA) is 81.5 Å². The van der Waals surface area contributed by atoms with E-state index in [1.165, 1.54) is 17.0 Å². The SMILES string of the molecule is CCN(CC(=O)N1CCCC1C#N)S(=O)(=O)c1ccccc1. The highest BCUT2D eigenvalue weighted by molar-refractivity contribution is 7.89. The zero-order valence-electron chi connectivity index (χ0n) is 12.5. The minimum absolute atomic E-state index is 0.169. The lowest BCUT2D eigenvalue weighted by Gasteiger charge is -2.25. The van der Waals surface area contributed by atoms with Gasteiger partial charge < -0.3 is 4.90 Å². The summed E-state index contributed by atoms with van der Waals surface area (Å²) >= 11 is 0. The fourth-order valence-electron chi connectivity index (χ4n) is 2.55. The van der Waals surface area contributed by atoms with Crippen LogP contribution in [0.4, 0.5) is 0 Å². The monoisotopic (exact) mass is 321 g/mol. The Morgan fingerprint density at radius 2 is 2.09 bits per heavy atom. The molecule has 1 aromatic rings. The summed E-state index contributed by atoms with van der Waals surface area (Å²) in [4.78, 5) is 14.0. The number of hydrogen-bond acceptors (Lipinski definition) is 4. The third-order valence-electron chi connectivity index (χ3n) is 3.77. The van der Waals surface area contributed by atoms with E-state index in [4.69, 9.17) is 5.26 Å². The van der Waals surface area contributed by atoms with E-state index >= 15 is 0 Å². The van der Waals surface area contributed by atoms with Gasteiger partial charge in [0, 0.05) is 13.1 Å². The van der Waals surface area contributed by atoms with Gasteiger partial charge in [-0.2, -0.15) is 9.57 Å². The van der Waals surface area contributed by atoms with Gasteiger partial charge in [0.15, 0.2) is 0 Å². The van der Waals surface area contributed by atoms with Crippen LogP contribution in [0, 0.1) is 11.3 Å². The number of hydrogen-bond donors (Lipinski definition) is 0. The van der Waals surface area contributed by atoms with Crippen LogP contribution < -0.4 is 0 Å². The lowest BCUT2D eigenvalue weighted by atomic mass is 10.2. The standard InChI is InChI=1S/C15H19N3O3S/c1-2-17(22(20,21)14-8-4-3-5-9-14)12-15(19)18-10-6-7-13(18)11-16/h3-5,8-9,13H,2,6-7,10,12H2,1H3. The molecule has 1 fully saturated rings. The van der Waals surface area contributed by atoms with Crippen LogP contribution in [-0.2, 0) is 14.8 Å². The molecule has 0 spiro atoms. The second-order valence-corrected chi connectivity index (χ2v) is 7.06. The zero-order valence-corrected chi connectivity index (χ0v) is 13.3. The molecular formula is C15H19N3O3S. The van der Waals surface area contributed by atoms with Crippen LogP contribution in [0.1, 0.15) is 19.8 Å². The largest absolute Gasteiger partial charge is 0.326 e. The molecular weight excluding hydrogens is 302 g/mol. The molecule has 6 nitrogen and oxygen atoms in total. The molecule has 1 atom stereocenters. The fourth-order valence-corrected chi connectivity index (χ4v) is 3.97. The molecule has 22 heavy (non-hydrogen) atoms. The smallest absolute Gasteiger partial charge is 0.243 e. The van der Waals surface area contributed by atoms with Crippen LogP contribution in [0.25, 0.3) is 0 Å². The lowest BCUT2D eigenvalue weighted by molar-refractivity contribution is -0.131. The number of likely N-dealkylation sites (tertiary alicyclic amines) is 1. The van der Waals surface area contributed by atoms with Crippen molar-refractivity contribution >= 4 is 15.9 Å². The van der Waals surface area contributed by atoms with E-state index in [-0.39, 0.29) is 23.9 Å². The maximum Gasteiger partial charge on any atom is 0.243 e. The number of likely N-dealkylation sites (N-methyl/N-ethyl adjacent to an activating group) is 1. The van der Waals surface area contributed by atoms with Crippen molar-refractivity contribution < 1.29 is 13.2 Å². The molecule has 7 heteroatoms. The number of benzene rings is 1. The van der Waals surface area contributed by atoms with Crippen LogP contribution >= 0.6 is 0 Å². The van der Waals surface area contributed by atoms with Crippen LogP contribution in [0.3, 0.4) is 0 Å². The first-order valence-corrected chi connectivity index (χ1v) is 8.69. The van der Waals surface area contributed by atoms with Crippen molar-refractivity contribution in [3.8, 4) is 6.07 Å². The molecule has 2 rings (SSSR count). The summed E-state index contributed by atoms with van der Waals surface area (Å²) in [6.45, 7) is 2.18. The third kappa shape index (κ3) is 3.29. The Morgan fingerprint density at radius 3 is 2.68 bits per heavy atom. The van der Waals surface area contributed by atoms with Gasteiger partial charge in [-0.15, -0.1) is 0 Å². The Balaban J connectivity index is 2.16. The molecule has 1 aromatic carbocycles. The normalized spacial score (nSPS) is 18.4. The van der Waals surface area contributed by atoms with E-state index < -0.39 is 16.1 Å². The predicted octanol–water partition coefficient (Wildman–Crippen LogP) is 1.21. The quantitative estimate of drug-likeness (QED) is 0.816. The Morgan fingerprint density at radius 1 is 1.41 bits per heavy atom. The number of sulfonamides is 1. The Labute approximate surface area is 131 Å². The second-order valence-electron chi connectivity index (χ2n) is 5.12. The number of nitrogens with zero attached hydrogens (tertiary/aromatic N) is 3. The number of carbonyl (C=O) groups is 1. The molecule has 1 heterocycles. The van der Waals surface area contributed by atoms with Crippen LogP contribution in [0.5, 0.6) is 0 Å². The predicted molar refractivity (Wildman–Crippen MR) is 81.2 cm³/mol. The fraction of sp³-hybridized carbons (Fsp3) is 0.467. The van der Waals surface area contributed by atoms with Crippen molar-refractivity contribution in [2.75, 3.05) is 19.6 Å². The van der Waals surface area contributed by atoms with E-state index in [1.54, 1.807) is 25.1 Å². The summed E-state index contributed by atoms with van der Waals surface area (Å²) in [7, 11) is -3.70. The van der Waals surface area contributed by atoms with Crippen LogP contribution in [0.2, 0.25) is 0 Å². The molecule has 0 N–H and O–H groups in total.